The van der Waals surface area contributed by atoms with Gasteiger partial charge in [0.25, 0.3) is 0 Å². The number of rotatable bonds is 6. The molecule has 2 rings (SSSR count). The SMILES string of the molecule is CCSC1CCC(NC(=NC)NCCn2cc(C)cn2)C1. The fourth-order valence-corrected chi connectivity index (χ4v) is 3.87. The molecular formula is C15H27N5S. The largest absolute Gasteiger partial charge is 0.355 e. The highest BCUT2D eigenvalue weighted by Gasteiger charge is 2.24. The summed E-state index contributed by atoms with van der Waals surface area (Å²) in [6.45, 7) is 5.99. The number of hydrogen-bond acceptors (Lipinski definition) is 3. The minimum atomic E-state index is 0.562. The van der Waals surface area contributed by atoms with Crippen molar-refractivity contribution in [1.29, 1.82) is 0 Å². The maximum atomic E-state index is 4.32. The number of aromatic nitrogens is 2. The number of hydrogen-bond donors (Lipinski definition) is 2. The van der Waals surface area contributed by atoms with Gasteiger partial charge >= 0.3 is 0 Å². The van der Waals surface area contributed by atoms with E-state index in [9.17, 15) is 0 Å². The fraction of sp³-hybridized carbons (Fsp3) is 0.733. The van der Waals surface area contributed by atoms with Crippen molar-refractivity contribution in [2.75, 3.05) is 19.3 Å². The highest BCUT2D eigenvalue weighted by Crippen LogP contribution is 2.29. The van der Waals surface area contributed by atoms with E-state index in [0.717, 1.165) is 24.3 Å². The van der Waals surface area contributed by atoms with Crippen LogP contribution in [0.4, 0.5) is 0 Å². The molecule has 5 nitrogen and oxygen atoms in total. The van der Waals surface area contributed by atoms with Crippen LogP contribution in [0.25, 0.3) is 0 Å². The summed E-state index contributed by atoms with van der Waals surface area (Å²) in [5.74, 6) is 2.12. The van der Waals surface area contributed by atoms with Crippen molar-refractivity contribution in [2.24, 2.45) is 4.99 Å². The van der Waals surface area contributed by atoms with Crippen LogP contribution >= 0.6 is 11.8 Å². The zero-order valence-corrected chi connectivity index (χ0v) is 14.1. The Morgan fingerprint density at radius 3 is 3.05 bits per heavy atom. The van der Waals surface area contributed by atoms with E-state index in [1.54, 1.807) is 0 Å². The first-order chi connectivity index (χ1) is 10.2. The standard InChI is InChI=1S/C15H27N5S/c1-4-21-14-6-5-13(9-14)19-15(16-3)17-7-8-20-11-12(2)10-18-20/h10-11,13-14H,4-9H2,1-3H3,(H2,16,17,19). The zero-order valence-electron chi connectivity index (χ0n) is 13.3. The van der Waals surface area contributed by atoms with Crippen molar-refractivity contribution in [1.82, 2.24) is 20.4 Å². The maximum Gasteiger partial charge on any atom is 0.191 e. The summed E-state index contributed by atoms with van der Waals surface area (Å²) in [4.78, 5) is 4.32. The van der Waals surface area contributed by atoms with Gasteiger partial charge in [0, 0.05) is 31.1 Å². The second-order valence-corrected chi connectivity index (χ2v) is 7.09. The molecule has 1 aliphatic rings. The number of thioether (sulfide) groups is 1. The van der Waals surface area contributed by atoms with Crippen molar-refractivity contribution in [3.8, 4) is 0 Å². The van der Waals surface area contributed by atoms with Gasteiger partial charge in [-0.3, -0.25) is 9.67 Å². The predicted molar refractivity (Wildman–Crippen MR) is 91.0 cm³/mol. The summed E-state index contributed by atoms with van der Waals surface area (Å²) in [6.07, 6.45) is 7.76. The molecule has 1 saturated carbocycles. The van der Waals surface area contributed by atoms with Crippen LogP contribution in [0.5, 0.6) is 0 Å². The molecule has 2 N–H and O–H groups in total. The highest BCUT2D eigenvalue weighted by molar-refractivity contribution is 7.99. The lowest BCUT2D eigenvalue weighted by Gasteiger charge is -2.17. The van der Waals surface area contributed by atoms with Gasteiger partial charge in [-0.1, -0.05) is 6.92 Å². The molecule has 0 amide bonds. The monoisotopic (exact) mass is 309 g/mol. The van der Waals surface area contributed by atoms with Gasteiger partial charge in [0.1, 0.15) is 0 Å². The van der Waals surface area contributed by atoms with E-state index in [2.05, 4.69) is 52.5 Å². The van der Waals surface area contributed by atoms with Crippen molar-refractivity contribution >= 4 is 17.7 Å². The van der Waals surface area contributed by atoms with Crippen LogP contribution in [0.3, 0.4) is 0 Å². The first-order valence-corrected chi connectivity index (χ1v) is 8.84. The Hall–Kier alpha value is -1.17. The van der Waals surface area contributed by atoms with Crippen molar-refractivity contribution in [3.05, 3.63) is 18.0 Å². The zero-order chi connectivity index (χ0) is 15.1. The molecule has 0 saturated heterocycles. The van der Waals surface area contributed by atoms with Gasteiger partial charge in [-0.2, -0.15) is 16.9 Å². The van der Waals surface area contributed by atoms with Gasteiger partial charge in [0.15, 0.2) is 5.96 Å². The van der Waals surface area contributed by atoms with E-state index in [-0.39, 0.29) is 0 Å². The molecule has 2 atom stereocenters. The van der Waals surface area contributed by atoms with Crippen LogP contribution in [-0.4, -0.2) is 46.4 Å². The number of aliphatic imine (C=N–C) groups is 1. The van der Waals surface area contributed by atoms with Gasteiger partial charge in [0.2, 0.25) is 0 Å². The second kappa shape index (κ2) is 8.32. The Morgan fingerprint density at radius 1 is 1.52 bits per heavy atom. The molecule has 0 aromatic carbocycles. The molecule has 0 radical (unpaired) electrons. The first kappa shape index (κ1) is 16.2. The van der Waals surface area contributed by atoms with E-state index in [1.807, 2.05) is 17.9 Å². The minimum absolute atomic E-state index is 0.562. The second-order valence-electron chi connectivity index (χ2n) is 5.51. The molecule has 1 aromatic rings. The number of nitrogens with zero attached hydrogens (tertiary/aromatic N) is 3. The fourth-order valence-electron chi connectivity index (χ4n) is 2.72. The summed E-state index contributed by atoms with van der Waals surface area (Å²) in [5.41, 5.74) is 1.20. The average Bonchev–Trinajstić information content (AvgIpc) is 3.07. The highest BCUT2D eigenvalue weighted by atomic mass is 32.2. The normalized spacial score (nSPS) is 22.5. The molecule has 6 heteroatoms. The lowest BCUT2D eigenvalue weighted by atomic mass is 10.2. The van der Waals surface area contributed by atoms with Crippen molar-refractivity contribution in [3.63, 3.8) is 0 Å². The molecule has 0 bridgehead atoms. The summed E-state index contributed by atoms with van der Waals surface area (Å²) in [5, 5.41) is 12.0. The Balaban J connectivity index is 1.69. The van der Waals surface area contributed by atoms with Crippen LogP contribution in [0.1, 0.15) is 31.7 Å². The Labute approximate surface area is 132 Å². The third-order valence-corrected chi connectivity index (χ3v) is 4.98. The molecule has 1 fully saturated rings. The predicted octanol–water partition coefficient (Wildman–Crippen LogP) is 2.03. The van der Waals surface area contributed by atoms with Gasteiger partial charge in [-0.05, 0) is 37.5 Å². The van der Waals surface area contributed by atoms with Crippen molar-refractivity contribution in [2.45, 2.75) is 50.9 Å². The number of aryl methyl sites for hydroxylation is 1. The van der Waals surface area contributed by atoms with Gasteiger partial charge in [-0.15, -0.1) is 0 Å². The Morgan fingerprint density at radius 2 is 2.38 bits per heavy atom. The summed E-state index contributed by atoms with van der Waals surface area (Å²) < 4.78 is 1.96. The van der Waals surface area contributed by atoms with Crippen LogP contribution in [0.15, 0.2) is 17.4 Å². The van der Waals surface area contributed by atoms with E-state index in [1.165, 1.54) is 30.6 Å². The number of guanidine groups is 1. The van der Waals surface area contributed by atoms with E-state index < -0.39 is 0 Å². The summed E-state index contributed by atoms with van der Waals surface area (Å²) >= 11 is 2.08. The van der Waals surface area contributed by atoms with E-state index in [0.29, 0.717) is 6.04 Å². The first-order valence-electron chi connectivity index (χ1n) is 7.79. The third-order valence-electron chi connectivity index (χ3n) is 3.75. The molecule has 21 heavy (non-hydrogen) atoms. The average molecular weight is 309 g/mol. The summed E-state index contributed by atoms with van der Waals surface area (Å²) in [6, 6.07) is 0.562. The van der Waals surface area contributed by atoms with Crippen molar-refractivity contribution < 1.29 is 0 Å². The maximum absolute atomic E-state index is 4.32. The van der Waals surface area contributed by atoms with Crippen LogP contribution in [0, 0.1) is 6.92 Å². The van der Waals surface area contributed by atoms with Crippen LogP contribution in [0.2, 0.25) is 0 Å². The van der Waals surface area contributed by atoms with Gasteiger partial charge < -0.3 is 10.6 Å². The minimum Gasteiger partial charge on any atom is -0.355 e. The smallest absolute Gasteiger partial charge is 0.191 e. The van der Waals surface area contributed by atoms with Crippen LogP contribution in [-0.2, 0) is 6.54 Å². The Bertz CT molecular complexity index is 457. The van der Waals surface area contributed by atoms with Crippen LogP contribution < -0.4 is 10.6 Å². The van der Waals surface area contributed by atoms with Gasteiger partial charge in [0.05, 0.1) is 12.7 Å². The molecule has 0 spiro atoms. The summed E-state index contributed by atoms with van der Waals surface area (Å²) in [7, 11) is 1.83. The van der Waals surface area contributed by atoms with Gasteiger partial charge in [-0.25, -0.2) is 0 Å². The quantitative estimate of drug-likeness (QED) is 0.624. The Kier molecular flexibility index (Phi) is 6.42. The topological polar surface area (TPSA) is 54.2 Å². The third kappa shape index (κ3) is 5.26. The van der Waals surface area contributed by atoms with E-state index in [4.69, 9.17) is 0 Å². The molecule has 0 aliphatic heterocycles. The molecule has 1 heterocycles. The lowest BCUT2D eigenvalue weighted by Crippen LogP contribution is -2.43. The molecule has 1 aromatic heterocycles. The molecular weight excluding hydrogens is 282 g/mol. The lowest BCUT2D eigenvalue weighted by molar-refractivity contribution is 0.579. The molecule has 118 valence electrons. The molecule has 2 unspecified atom stereocenters. The number of nitrogens with one attached hydrogen (secondary N) is 2. The van der Waals surface area contributed by atoms with E-state index >= 15 is 0 Å². The molecule has 1 aliphatic carbocycles.